The second-order valence-electron chi connectivity index (χ2n) is 7.58. The van der Waals surface area contributed by atoms with Crippen LogP contribution in [0.4, 0.5) is 0 Å². The van der Waals surface area contributed by atoms with Crippen LogP contribution < -0.4 is 4.74 Å². The molecule has 1 saturated heterocycles. The summed E-state index contributed by atoms with van der Waals surface area (Å²) in [6.07, 6.45) is 1.14. The summed E-state index contributed by atoms with van der Waals surface area (Å²) < 4.78 is 5.78. The lowest BCUT2D eigenvalue weighted by atomic mass is 9.96. The van der Waals surface area contributed by atoms with Gasteiger partial charge in [0.15, 0.2) is 6.10 Å². The molecule has 0 bridgehead atoms. The Morgan fingerprint density at radius 2 is 1.97 bits per heavy atom. The Kier molecular flexibility index (Phi) is 5.70. The number of ether oxygens (including phenoxy) is 1. The molecule has 5 nitrogen and oxygen atoms in total. The van der Waals surface area contributed by atoms with E-state index in [1.54, 1.807) is 25.1 Å². The van der Waals surface area contributed by atoms with Crippen molar-refractivity contribution in [3.63, 3.8) is 0 Å². The number of hydrogen-bond acceptors (Lipinski definition) is 3. The predicted octanol–water partition coefficient (Wildman–Crippen LogP) is 5.35. The maximum absolute atomic E-state index is 12.8. The number of carbonyl (C=O) groups excluding carboxylic acids is 1. The molecule has 29 heavy (non-hydrogen) atoms. The monoisotopic (exact) mass is 431 g/mol. The fourth-order valence-electron chi connectivity index (χ4n) is 3.78. The van der Waals surface area contributed by atoms with Gasteiger partial charge in [0.25, 0.3) is 5.91 Å². The van der Waals surface area contributed by atoms with Gasteiger partial charge in [-0.15, -0.1) is 0 Å². The quantitative estimate of drug-likeness (QED) is 0.605. The van der Waals surface area contributed by atoms with Crippen molar-refractivity contribution >= 4 is 40.1 Å². The molecule has 1 unspecified atom stereocenters. The molecule has 3 aromatic rings. The molecule has 152 valence electrons. The zero-order valence-electron chi connectivity index (χ0n) is 16.4. The lowest BCUT2D eigenvalue weighted by molar-refractivity contribution is -0.139. The molecule has 7 heteroatoms. The van der Waals surface area contributed by atoms with E-state index in [9.17, 15) is 4.79 Å². The summed E-state index contributed by atoms with van der Waals surface area (Å²) in [5, 5.41) is 0.931. The normalized spacial score (nSPS) is 16.2. The summed E-state index contributed by atoms with van der Waals surface area (Å²) in [6, 6.07) is 11.2. The van der Waals surface area contributed by atoms with E-state index >= 15 is 0 Å². The molecule has 2 heterocycles. The van der Waals surface area contributed by atoms with Crippen molar-refractivity contribution < 1.29 is 9.53 Å². The molecule has 1 aliphatic rings. The minimum atomic E-state index is -0.612. The van der Waals surface area contributed by atoms with E-state index in [0.717, 1.165) is 29.7 Å². The number of amides is 1. The molecular weight excluding hydrogens is 409 g/mol. The minimum absolute atomic E-state index is 0.0327. The molecule has 1 aliphatic heterocycles. The van der Waals surface area contributed by atoms with E-state index in [2.05, 4.69) is 24.0 Å². The highest BCUT2D eigenvalue weighted by molar-refractivity contribution is 6.35. The Bertz CT molecular complexity index is 1040. The topological polar surface area (TPSA) is 58.2 Å². The second-order valence-corrected chi connectivity index (χ2v) is 8.42. The molecule has 0 radical (unpaired) electrons. The molecule has 1 fully saturated rings. The standard InChI is InChI=1S/C22H23Cl2N3O2/c1-13-3-5-18-19(11-13)26-21(25-18)15-7-9-27(10-8-15)22(28)14(2)29-20-6-4-16(23)12-17(20)24/h3-6,11-12,14-15H,7-10H2,1-2H3,(H,25,26). The summed E-state index contributed by atoms with van der Waals surface area (Å²) in [5.41, 5.74) is 3.27. The van der Waals surface area contributed by atoms with Crippen LogP contribution in [0, 0.1) is 6.92 Å². The number of halogens is 2. The van der Waals surface area contributed by atoms with Crippen LogP contribution in [0.25, 0.3) is 11.0 Å². The summed E-state index contributed by atoms with van der Waals surface area (Å²) in [7, 11) is 0. The molecule has 1 atom stereocenters. The van der Waals surface area contributed by atoms with E-state index < -0.39 is 6.10 Å². The first-order valence-electron chi connectivity index (χ1n) is 9.77. The molecule has 4 rings (SSSR count). The maximum atomic E-state index is 12.8. The number of rotatable bonds is 4. The first-order chi connectivity index (χ1) is 13.9. The van der Waals surface area contributed by atoms with E-state index in [-0.39, 0.29) is 5.91 Å². The Morgan fingerprint density at radius 1 is 1.21 bits per heavy atom. The molecule has 0 saturated carbocycles. The molecule has 1 aromatic heterocycles. The van der Waals surface area contributed by atoms with Gasteiger partial charge in [-0.1, -0.05) is 29.3 Å². The number of aryl methyl sites for hydroxylation is 1. The van der Waals surface area contributed by atoms with E-state index in [1.165, 1.54) is 5.56 Å². The van der Waals surface area contributed by atoms with Gasteiger partial charge < -0.3 is 14.6 Å². The highest BCUT2D eigenvalue weighted by atomic mass is 35.5. The number of H-pyrrole nitrogens is 1. The van der Waals surface area contributed by atoms with Gasteiger partial charge >= 0.3 is 0 Å². The molecule has 0 spiro atoms. The van der Waals surface area contributed by atoms with Gasteiger partial charge in [0.2, 0.25) is 0 Å². The van der Waals surface area contributed by atoms with Crippen molar-refractivity contribution in [1.82, 2.24) is 14.9 Å². The maximum Gasteiger partial charge on any atom is 0.263 e. The summed E-state index contributed by atoms with van der Waals surface area (Å²) in [5.74, 6) is 1.77. The van der Waals surface area contributed by atoms with Gasteiger partial charge in [-0.05, 0) is 62.6 Å². The first-order valence-corrected chi connectivity index (χ1v) is 10.5. The SMILES string of the molecule is Cc1ccc2nc(C3CCN(C(=O)C(C)Oc4ccc(Cl)cc4Cl)CC3)[nH]c2c1. The number of piperidine rings is 1. The van der Waals surface area contributed by atoms with Crippen LogP contribution in [-0.2, 0) is 4.79 Å². The average molecular weight is 432 g/mol. The Balaban J connectivity index is 1.37. The first kappa shape index (κ1) is 20.0. The lowest BCUT2D eigenvalue weighted by Crippen LogP contribution is -2.44. The lowest BCUT2D eigenvalue weighted by Gasteiger charge is -2.32. The summed E-state index contributed by atoms with van der Waals surface area (Å²) >= 11 is 12.1. The number of nitrogens with zero attached hydrogens (tertiary/aromatic N) is 2. The highest BCUT2D eigenvalue weighted by Crippen LogP contribution is 2.30. The van der Waals surface area contributed by atoms with Gasteiger partial charge in [0.1, 0.15) is 11.6 Å². The zero-order valence-corrected chi connectivity index (χ0v) is 17.9. The number of hydrogen-bond donors (Lipinski definition) is 1. The minimum Gasteiger partial charge on any atom is -0.479 e. The van der Waals surface area contributed by atoms with Crippen LogP contribution in [0.3, 0.4) is 0 Å². The van der Waals surface area contributed by atoms with Crippen molar-refractivity contribution in [3.05, 3.63) is 57.8 Å². The van der Waals surface area contributed by atoms with Gasteiger partial charge in [-0.3, -0.25) is 4.79 Å². The summed E-state index contributed by atoms with van der Waals surface area (Å²) in [4.78, 5) is 22.9. The summed E-state index contributed by atoms with van der Waals surface area (Å²) in [6.45, 7) is 5.19. The number of nitrogens with one attached hydrogen (secondary N) is 1. The molecule has 1 amide bonds. The third-order valence-electron chi connectivity index (χ3n) is 5.39. The highest BCUT2D eigenvalue weighted by Gasteiger charge is 2.29. The number of benzene rings is 2. The van der Waals surface area contributed by atoms with E-state index in [4.69, 9.17) is 32.9 Å². The largest absolute Gasteiger partial charge is 0.479 e. The number of fused-ring (bicyclic) bond motifs is 1. The van der Waals surface area contributed by atoms with Crippen LogP contribution in [0.1, 0.15) is 37.1 Å². The van der Waals surface area contributed by atoms with Crippen LogP contribution in [-0.4, -0.2) is 40.0 Å². The molecular formula is C22H23Cl2N3O2. The van der Waals surface area contributed by atoms with Gasteiger partial charge in [-0.2, -0.15) is 0 Å². The van der Waals surface area contributed by atoms with E-state index in [0.29, 0.717) is 34.8 Å². The number of aromatic nitrogens is 2. The smallest absolute Gasteiger partial charge is 0.263 e. The van der Waals surface area contributed by atoms with Crippen LogP contribution in [0.5, 0.6) is 5.75 Å². The predicted molar refractivity (Wildman–Crippen MR) is 116 cm³/mol. The van der Waals surface area contributed by atoms with E-state index in [1.807, 2.05) is 11.0 Å². The van der Waals surface area contributed by atoms with Crippen molar-refractivity contribution in [3.8, 4) is 5.75 Å². The van der Waals surface area contributed by atoms with Crippen molar-refractivity contribution in [1.29, 1.82) is 0 Å². The van der Waals surface area contributed by atoms with Gasteiger partial charge in [0, 0.05) is 24.0 Å². The van der Waals surface area contributed by atoms with Crippen molar-refractivity contribution in [2.75, 3.05) is 13.1 Å². The molecule has 1 N–H and O–H groups in total. The molecule has 0 aliphatic carbocycles. The Hall–Kier alpha value is -2.24. The number of imidazole rings is 1. The third kappa shape index (κ3) is 4.36. The molecule has 2 aromatic carbocycles. The van der Waals surface area contributed by atoms with Crippen LogP contribution in [0.2, 0.25) is 10.0 Å². The van der Waals surface area contributed by atoms with Gasteiger partial charge in [-0.25, -0.2) is 4.98 Å². The Morgan fingerprint density at radius 3 is 2.69 bits per heavy atom. The van der Waals surface area contributed by atoms with Crippen molar-refractivity contribution in [2.45, 2.75) is 38.7 Å². The fourth-order valence-corrected chi connectivity index (χ4v) is 4.23. The third-order valence-corrected chi connectivity index (χ3v) is 5.92. The Labute approximate surface area is 180 Å². The van der Waals surface area contributed by atoms with Crippen molar-refractivity contribution in [2.24, 2.45) is 0 Å². The second kappa shape index (κ2) is 8.25. The number of likely N-dealkylation sites (tertiary alicyclic amines) is 1. The number of aromatic amines is 1. The average Bonchev–Trinajstić information content (AvgIpc) is 3.12. The van der Waals surface area contributed by atoms with Gasteiger partial charge in [0.05, 0.1) is 16.1 Å². The number of carbonyl (C=O) groups is 1. The fraction of sp³-hybridized carbons (Fsp3) is 0.364. The van der Waals surface area contributed by atoms with Crippen LogP contribution in [0.15, 0.2) is 36.4 Å². The zero-order chi connectivity index (χ0) is 20.5. The van der Waals surface area contributed by atoms with Crippen LogP contribution >= 0.6 is 23.2 Å².